The van der Waals surface area contributed by atoms with E-state index in [9.17, 15) is 22.8 Å². The molecule has 35 heavy (non-hydrogen) atoms. The fraction of sp³-hybridized carbons (Fsp3) is 0.182. The molecule has 13 heteroatoms. The molecule has 2 aromatic rings. The lowest BCUT2D eigenvalue weighted by molar-refractivity contribution is -0.140. The van der Waals surface area contributed by atoms with E-state index in [1.807, 2.05) is 4.72 Å². The summed E-state index contributed by atoms with van der Waals surface area (Å²) in [4.78, 5) is 34.0. The van der Waals surface area contributed by atoms with Gasteiger partial charge in [0, 0.05) is 6.42 Å². The summed E-state index contributed by atoms with van der Waals surface area (Å²) in [6.45, 7) is 0.150. The van der Waals surface area contributed by atoms with E-state index in [-0.39, 0.29) is 23.8 Å². The van der Waals surface area contributed by atoms with Crippen molar-refractivity contribution in [3.8, 4) is 5.75 Å². The van der Waals surface area contributed by atoms with Crippen molar-refractivity contribution in [3.05, 3.63) is 64.6 Å². The van der Waals surface area contributed by atoms with Crippen molar-refractivity contribution in [2.45, 2.75) is 30.4 Å². The predicted octanol–water partition coefficient (Wildman–Crippen LogP) is 2.35. The molecule has 0 radical (unpaired) electrons. The molecule has 3 rings (SSSR count). The summed E-state index contributed by atoms with van der Waals surface area (Å²) < 4.78 is 33.1. The Labute approximate surface area is 210 Å². The Morgan fingerprint density at radius 1 is 1.11 bits per heavy atom. The van der Waals surface area contributed by atoms with Gasteiger partial charge in [0.2, 0.25) is 10.0 Å². The van der Waals surface area contributed by atoms with Gasteiger partial charge in [0.05, 0.1) is 9.80 Å². The summed E-state index contributed by atoms with van der Waals surface area (Å²) >= 11 is 6.15. The van der Waals surface area contributed by atoms with Crippen LogP contribution in [0.3, 0.4) is 0 Å². The number of rotatable bonds is 11. The number of thioether (sulfide) groups is 1. The van der Waals surface area contributed by atoms with Gasteiger partial charge in [0.15, 0.2) is 0 Å². The van der Waals surface area contributed by atoms with E-state index < -0.39 is 34.4 Å². The number of amides is 1. The van der Waals surface area contributed by atoms with Gasteiger partial charge in [-0.05, 0) is 47.9 Å². The van der Waals surface area contributed by atoms with Crippen LogP contribution in [0.5, 0.6) is 5.75 Å². The summed E-state index contributed by atoms with van der Waals surface area (Å²) in [6.07, 6.45) is 0.842. The standard InChI is InChI=1S/C22H20N2O8S3/c25-19(26)10-9-17(21(28)29)24-35(30,31)16-7-3-14(4-8-16)12-32-15-5-1-13(2-6-15)11-18-20(27)23-22(33)34-18/h1-8,11,17,24H,9-10,12H2,(H,25,26)(H,28,29)(H,23,27,33)/b18-11-/t17-/m1/s1. The van der Waals surface area contributed by atoms with Crippen molar-refractivity contribution < 1.29 is 37.8 Å². The number of thiocarbonyl (C=S) groups is 1. The highest BCUT2D eigenvalue weighted by Crippen LogP contribution is 2.26. The van der Waals surface area contributed by atoms with Crippen LogP contribution in [0.25, 0.3) is 6.08 Å². The molecule has 0 aliphatic carbocycles. The number of carbonyl (C=O) groups excluding carboxylic acids is 1. The first kappa shape index (κ1) is 26.3. The van der Waals surface area contributed by atoms with E-state index in [0.29, 0.717) is 20.5 Å². The lowest BCUT2D eigenvalue weighted by Crippen LogP contribution is -2.41. The fourth-order valence-corrected chi connectivity index (χ4v) is 5.19. The molecule has 0 aromatic heterocycles. The summed E-state index contributed by atoms with van der Waals surface area (Å²) in [7, 11) is -4.17. The summed E-state index contributed by atoms with van der Waals surface area (Å²) in [5.41, 5.74) is 1.47. The maximum Gasteiger partial charge on any atom is 0.321 e. The Balaban J connectivity index is 1.58. The van der Waals surface area contributed by atoms with Crippen molar-refractivity contribution in [1.29, 1.82) is 0 Å². The summed E-state index contributed by atoms with van der Waals surface area (Å²) in [5.74, 6) is -2.36. The average Bonchev–Trinajstić information content (AvgIpc) is 3.12. The van der Waals surface area contributed by atoms with Crippen molar-refractivity contribution >= 4 is 62.2 Å². The van der Waals surface area contributed by atoms with Gasteiger partial charge in [0.25, 0.3) is 5.91 Å². The smallest absolute Gasteiger partial charge is 0.321 e. The average molecular weight is 537 g/mol. The molecule has 1 saturated heterocycles. The summed E-state index contributed by atoms with van der Waals surface area (Å²) in [5, 5.41) is 20.4. The molecule has 1 aliphatic heterocycles. The van der Waals surface area contributed by atoms with Gasteiger partial charge < -0.3 is 20.3 Å². The largest absolute Gasteiger partial charge is 0.489 e. The van der Waals surface area contributed by atoms with E-state index in [2.05, 4.69) is 5.32 Å². The first-order chi connectivity index (χ1) is 16.5. The van der Waals surface area contributed by atoms with Gasteiger partial charge in [0.1, 0.15) is 22.7 Å². The highest BCUT2D eigenvalue weighted by Gasteiger charge is 2.26. The molecule has 0 bridgehead atoms. The zero-order valence-corrected chi connectivity index (χ0v) is 20.4. The third kappa shape index (κ3) is 7.62. The Kier molecular flexibility index (Phi) is 8.62. The molecule has 1 amide bonds. The lowest BCUT2D eigenvalue weighted by Gasteiger charge is -2.14. The number of hydrogen-bond donors (Lipinski definition) is 4. The molecule has 0 spiro atoms. The maximum atomic E-state index is 12.5. The number of nitrogens with one attached hydrogen (secondary N) is 2. The van der Waals surface area contributed by atoms with Crippen LogP contribution in [0.2, 0.25) is 0 Å². The van der Waals surface area contributed by atoms with Crippen LogP contribution in [0.15, 0.2) is 58.3 Å². The van der Waals surface area contributed by atoms with E-state index in [0.717, 1.165) is 5.56 Å². The van der Waals surface area contributed by atoms with E-state index in [1.54, 1.807) is 30.3 Å². The van der Waals surface area contributed by atoms with Crippen molar-refractivity contribution in [1.82, 2.24) is 10.0 Å². The normalized spacial score (nSPS) is 15.6. The maximum absolute atomic E-state index is 12.5. The number of carboxylic acid groups (broad SMARTS) is 2. The number of ether oxygens (including phenoxy) is 1. The topological polar surface area (TPSA) is 159 Å². The molecule has 1 aliphatic rings. The molecule has 1 heterocycles. The van der Waals surface area contributed by atoms with Crippen LogP contribution >= 0.6 is 24.0 Å². The minimum atomic E-state index is -4.17. The van der Waals surface area contributed by atoms with E-state index >= 15 is 0 Å². The Bertz CT molecular complexity index is 1270. The Hall–Kier alpha value is -3.26. The lowest BCUT2D eigenvalue weighted by atomic mass is 10.2. The molecular weight excluding hydrogens is 516 g/mol. The van der Waals surface area contributed by atoms with Crippen molar-refractivity contribution in [3.63, 3.8) is 0 Å². The number of benzene rings is 2. The zero-order valence-electron chi connectivity index (χ0n) is 18.0. The second kappa shape index (κ2) is 11.4. The number of aliphatic carboxylic acids is 2. The molecular formula is C22H20N2O8S3. The van der Waals surface area contributed by atoms with Gasteiger partial charge in [-0.15, -0.1) is 0 Å². The SMILES string of the molecule is O=C(O)CC[C@@H](NS(=O)(=O)c1ccc(COc2ccc(/C=C3\SC(=S)NC3=O)cc2)cc1)C(=O)O. The molecule has 1 atom stereocenters. The molecule has 1 fully saturated rings. The molecule has 10 nitrogen and oxygen atoms in total. The first-order valence-electron chi connectivity index (χ1n) is 10.1. The number of sulfonamides is 1. The quantitative estimate of drug-likeness (QED) is 0.248. The highest BCUT2D eigenvalue weighted by molar-refractivity contribution is 8.26. The van der Waals surface area contributed by atoms with Crippen LogP contribution in [-0.4, -0.2) is 46.8 Å². The molecule has 0 saturated carbocycles. The minimum Gasteiger partial charge on any atom is -0.489 e. The second-order valence-corrected chi connectivity index (χ2v) is 10.7. The van der Waals surface area contributed by atoms with Gasteiger partial charge >= 0.3 is 11.9 Å². The van der Waals surface area contributed by atoms with E-state index in [1.165, 1.54) is 36.0 Å². The third-order valence-electron chi connectivity index (χ3n) is 4.70. The van der Waals surface area contributed by atoms with Gasteiger partial charge in [-0.2, -0.15) is 4.72 Å². The minimum absolute atomic E-state index is 0.150. The van der Waals surface area contributed by atoms with Crippen molar-refractivity contribution in [2.75, 3.05) is 0 Å². The van der Waals surface area contributed by atoms with Gasteiger partial charge in [-0.3, -0.25) is 14.4 Å². The van der Waals surface area contributed by atoms with Gasteiger partial charge in [-0.1, -0.05) is 48.2 Å². The van der Waals surface area contributed by atoms with E-state index in [4.69, 9.17) is 27.2 Å². The Morgan fingerprint density at radius 2 is 1.77 bits per heavy atom. The molecule has 2 aromatic carbocycles. The van der Waals surface area contributed by atoms with Crippen LogP contribution < -0.4 is 14.8 Å². The molecule has 4 N–H and O–H groups in total. The highest BCUT2D eigenvalue weighted by atomic mass is 32.2. The number of carbonyl (C=O) groups is 3. The first-order valence-corrected chi connectivity index (χ1v) is 12.8. The molecule has 0 unspecified atom stereocenters. The zero-order chi connectivity index (χ0) is 25.6. The number of hydrogen-bond acceptors (Lipinski definition) is 8. The van der Waals surface area contributed by atoms with Crippen LogP contribution in [0, 0.1) is 0 Å². The summed E-state index contributed by atoms with van der Waals surface area (Å²) in [6, 6.07) is 11.1. The fourth-order valence-electron chi connectivity index (χ4n) is 2.92. The number of carboxylic acids is 2. The van der Waals surface area contributed by atoms with Crippen LogP contribution in [0.1, 0.15) is 24.0 Å². The van der Waals surface area contributed by atoms with Gasteiger partial charge in [-0.25, -0.2) is 8.42 Å². The monoisotopic (exact) mass is 536 g/mol. The van der Waals surface area contributed by atoms with Crippen molar-refractivity contribution in [2.24, 2.45) is 0 Å². The second-order valence-electron chi connectivity index (χ2n) is 7.30. The van der Waals surface area contributed by atoms with Crippen LogP contribution in [-0.2, 0) is 31.0 Å². The Morgan fingerprint density at radius 3 is 2.31 bits per heavy atom. The predicted molar refractivity (Wildman–Crippen MR) is 132 cm³/mol. The van der Waals surface area contributed by atoms with Crippen LogP contribution in [0.4, 0.5) is 0 Å². The molecule has 184 valence electrons. The third-order valence-corrected chi connectivity index (χ3v) is 7.35.